The Morgan fingerprint density at radius 1 is 1.05 bits per heavy atom. The maximum Gasteiger partial charge on any atom is 0.235 e. The van der Waals surface area contributed by atoms with Crippen molar-refractivity contribution in [1.29, 1.82) is 0 Å². The Kier molecular flexibility index (Phi) is 6.68. The summed E-state index contributed by atoms with van der Waals surface area (Å²) in [6.07, 6.45) is 5.50. The fourth-order valence-electron chi connectivity index (χ4n) is 5.37. The standard InChI is InChI=1S/C31H31N5O2/c1-31(24-16-15-23-20-35(2)34-27(23)18-24)28(29(38)36(3)30(32)33-31)26(22-12-8-5-9-13-22)19-25(37)17-14-21-10-6-4-7-11-21/h4-18,20,26,28H,19H2,1-3H3,(H2,32,33). The van der Waals surface area contributed by atoms with E-state index in [1.165, 1.54) is 4.90 Å². The van der Waals surface area contributed by atoms with Gasteiger partial charge in [-0.25, -0.2) is 4.99 Å². The zero-order valence-electron chi connectivity index (χ0n) is 21.8. The van der Waals surface area contributed by atoms with Gasteiger partial charge >= 0.3 is 0 Å². The Morgan fingerprint density at radius 2 is 1.74 bits per heavy atom. The van der Waals surface area contributed by atoms with Crippen molar-refractivity contribution in [2.45, 2.75) is 24.8 Å². The molecule has 4 aromatic rings. The average Bonchev–Trinajstić information content (AvgIpc) is 3.30. The zero-order chi connectivity index (χ0) is 26.9. The lowest BCUT2D eigenvalue weighted by Gasteiger charge is -2.44. The lowest BCUT2D eigenvalue weighted by molar-refractivity contribution is -0.135. The molecule has 2 N–H and O–H groups in total. The SMILES string of the molecule is CN1C(=O)C(C(CC(=O)C=Cc2ccccc2)c2ccccc2)C(C)(c2ccc3cn(C)nc3c2)N=C1N. The smallest absolute Gasteiger partial charge is 0.235 e. The zero-order valence-corrected chi connectivity index (χ0v) is 21.8. The van der Waals surface area contributed by atoms with Crippen molar-refractivity contribution in [2.75, 3.05) is 7.05 Å². The number of aromatic nitrogens is 2. The summed E-state index contributed by atoms with van der Waals surface area (Å²) in [6, 6.07) is 25.3. The van der Waals surface area contributed by atoms with Crippen molar-refractivity contribution in [1.82, 2.24) is 14.7 Å². The minimum Gasteiger partial charge on any atom is -0.369 e. The fourth-order valence-corrected chi connectivity index (χ4v) is 5.37. The number of aryl methyl sites for hydroxylation is 1. The van der Waals surface area contributed by atoms with E-state index in [2.05, 4.69) is 5.10 Å². The lowest BCUT2D eigenvalue weighted by atomic mass is 9.68. The maximum atomic E-state index is 14.0. The molecule has 0 bridgehead atoms. The molecule has 0 aliphatic carbocycles. The van der Waals surface area contributed by atoms with Crippen molar-refractivity contribution in [3.63, 3.8) is 0 Å². The van der Waals surface area contributed by atoms with Gasteiger partial charge in [-0.05, 0) is 35.8 Å². The number of carbonyl (C=O) groups excluding carboxylic acids is 2. The summed E-state index contributed by atoms with van der Waals surface area (Å²) in [5.74, 6) is -1.19. The highest BCUT2D eigenvalue weighted by atomic mass is 16.2. The second-order valence-electron chi connectivity index (χ2n) is 10.0. The van der Waals surface area contributed by atoms with Gasteiger partial charge in [0, 0.05) is 38.0 Å². The van der Waals surface area contributed by atoms with Gasteiger partial charge in [-0.2, -0.15) is 5.10 Å². The van der Waals surface area contributed by atoms with Crippen LogP contribution in [0, 0.1) is 5.92 Å². The Balaban J connectivity index is 1.60. The molecule has 3 atom stereocenters. The van der Waals surface area contributed by atoms with E-state index in [1.807, 2.05) is 105 Å². The van der Waals surface area contributed by atoms with Gasteiger partial charge in [-0.15, -0.1) is 0 Å². The van der Waals surface area contributed by atoms with Gasteiger partial charge in [0.25, 0.3) is 0 Å². The van der Waals surface area contributed by atoms with E-state index in [1.54, 1.807) is 17.8 Å². The van der Waals surface area contributed by atoms with Gasteiger partial charge < -0.3 is 5.73 Å². The first kappa shape index (κ1) is 25.1. The van der Waals surface area contributed by atoms with Crippen LogP contribution in [0.15, 0.2) is 96.1 Å². The molecule has 0 spiro atoms. The summed E-state index contributed by atoms with van der Waals surface area (Å²) >= 11 is 0. The Labute approximate surface area is 222 Å². The monoisotopic (exact) mass is 505 g/mol. The second kappa shape index (κ2) is 10.1. The number of guanidine groups is 1. The number of benzene rings is 3. The molecule has 38 heavy (non-hydrogen) atoms. The van der Waals surface area contributed by atoms with Crippen LogP contribution in [0.3, 0.4) is 0 Å². The molecular weight excluding hydrogens is 474 g/mol. The predicted octanol–water partition coefficient (Wildman–Crippen LogP) is 4.65. The van der Waals surface area contributed by atoms with Crippen molar-refractivity contribution >= 4 is 34.6 Å². The Hall–Kier alpha value is -4.52. The van der Waals surface area contributed by atoms with Crippen LogP contribution in [0.5, 0.6) is 0 Å². The predicted molar refractivity (Wildman–Crippen MR) is 150 cm³/mol. The highest BCUT2D eigenvalue weighted by Gasteiger charge is 2.50. The molecule has 0 fully saturated rings. The largest absolute Gasteiger partial charge is 0.369 e. The van der Waals surface area contributed by atoms with Crippen LogP contribution in [-0.4, -0.2) is 39.4 Å². The third-order valence-corrected chi connectivity index (χ3v) is 7.41. The van der Waals surface area contributed by atoms with Crippen LogP contribution < -0.4 is 5.73 Å². The van der Waals surface area contributed by atoms with Crippen molar-refractivity contribution in [3.05, 3.63) is 108 Å². The van der Waals surface area contributed by atoms with E-state index in [0.29, 0.717) is 0 Å². The molecule has 1 aromatic heterocycles. The van der Waals surface area contributed by atoms with Gasteiger partial charge in [0.2, 0.25) is 5.91 Å². The molecule has 7 nitrogen and oxygen atoms in total. The number of aliphatic imine (C=N–C) groups is 1. The normalized spacial score (nSPS) is 20.6. The third-order valence-electron chi connectivity index (χ3n) is 7.41. The Bertz CT molecular complexity index is 1540. The van der Waals surface area contributed by atoms with E-state index in [4.69, 9.17) is 10.7 Å². The molecule has 0 saturated heterocycles. The summed E-state index contributed by atoms with van der Waals surface area (Å²) in [4.78, 5) is 33.6. The molecule has 3 unspecified atom stereocenters. The van der Waals surface area contributed by atoms with E-state index < -0.39 is 17.4 Å². The summed E-state index contributed by atoms with van der Waals surface area (Å²) in [5.41, 5.74) is 8.74. The van der Waals surface area contributed by atoms with Crippen LogP contribution in [0.25, 0.3) is 17.0 Å². The van der Waals surface area contributed by atoms with Crippen LogP contribution in [-0.2, 0) is 22.2 Å². The number of hydrogen-bond donors (Lipinski definition) is 1. The summed E-state index contributed by atoms with van der Waals surface area (Å²) in [7, 11) is 3.51. The number of fused-ring (bicyclic) bond motifs is 1. The average molecular weight is 506 g/mol. The molecule has 5 rings (SSSR count). The molecule has 3 aromatic carbocycles. The molecular formula is C31H31N5O2. The quantitative estimate of drug-likeness (QED) is 0.370. The van der Waals surface area contributed by atoms with Gasteiger partial charge in [0.1, 0.15) is 0 Å². The van der Waals surface area contributed by atoms with Crippen molar-refractivity contribution in [2.24, 2.45) is 23.7 Å². The molecule has 1 aliphatic heterocycles. The number of hydrogen-bond acceptors (Lipinski definition) is 5. The maximum absolute atomic E-state index is 14.0. The number of amides is 1. The van der Waals surface area contributed by atoms with E-state index >= 15 is 0 Å². The number of nitrogens with zero attached hydrogens (tertiary/aromatic N) is 4. The first-order valence-corrected chi connectivity index (χ1v) is 12.6. The third kappa shape index (κ3) is 4.75. The summed E-state index contributed by atoms with van der Waals surface area (Å²) in [6.45, 7) is 1.93. The molecule has 2 heterocycles. The number of nitrogens with two attached hydrogens (primary N) is 1. The van der Waals surface area contributed by atoms with Crippen LogP contribution in [0.1, 0.15) is 36.0 Å². The van der Waals surface area contributed by atoms with Crippen LogP contribution in [0.4, 0.5) is 0 Å². The fraction of sp³-hybridized carbons (Fsp3) is 0.226. The van der Waals surface area contributed by atoms with Crippen molar-refractivity contribution < 1.29 is 9.59 Å². The number of carbonyl (C=O) groups is 2. The Morgan fingerprint density at radius 3 is 2.45 bits per heavy atom. The van der Waals surface area contributed by atoms with Crippen LogP contribution in [0.2, 0.25) is 0 Å². The topological polar surface area (TPSA) is 93.6 Å². The van der Waals surface area contributed by atoms with Gasteiger partial charge in [0.05, 0.1) is 17.0 Å². The van der Waals surface area contributed by atoms with E-state index in [0.717, 1.165) is 27.6 Å². The molecule has 1 aliphatic rings. The summed E-state index contributed by atoms with van der Waals surface area (Å²) in [5, 5.41) is 5.55. The second-order valence-corrected chi connectivity index (χ2v) is 10.0. The van der Waals surface area contributed by atoms with Gasteiger partial charge in [-0.1, -0.05) is 78.9 Å². The van der Waals surface area contributed by atoms with Crippen molar-refractivity contribution in [3.8, 4) is 0 Å². The highest BCUT2D eigenvalue weighted by molar-refractivity contribution is 6.01. The molecule has 7 heteroatoms. The molecule has 192 valence electrons. The van der Waals surface area contributed by atoms with Gasteiger partial charge in [0.15, 0.2) is 11.7 Å². The minimum atomic E-state index is -1.01. The lowest BCUT2D eigenvalue weighted by Crippen LogP contribution is -2.55. The van der Waals surface area contributed by atoms with E-state index in [-0.39, 0.29) is 24.1 Å². The molecule has 0 radical (unpaired) electrons. The minimum absolute atomic E-state index is 0.0665. The van der Waals surface area contributed by atoms with Gasteiger partial charge in [-0.3, -0.25) is 19.2 Å². The number of rotatable bonds is 7. The molecule has 1 amide bonds. The molecule has 0 saturated carbocycles. The first-order valence-electron chi connectivity index (χ1n) is 12.6. The summed E-state index contributed by atoms with van der Waals surface area (Å²) < 4.78 is 1.76. The number of ketones is 1. The van der Waals surface area contributed by atoms with E-state index in [9.17, 15) is 9.59 Å². The first-order chi connectivity index (χ1) is 18.3. The van der Waals surface area contributed by atoms with Crippen LogP contribution >= 0.6 is 0 Å². The number of allylic oxidation sites excluding steroid dienone is 1. The highest BCUT2D eigenvalue weighted by Crippen LogP contribution is 2.47.